The number of hydrogen-bond acceptors (Lipinski definition) is 4. The largest absolute Gasteiger partial charge is 0.497 e. The van der Waals surface area contributed by atoms with Gasteiger partial charge in [-0.15, -0.1) is 0 Å². The van der Waals surface area contributed by atoms with Crippen LogP contribution in [-0.2, 0) is 17.9 Å². The third kappa shape index (κ3) is 3.75. The highest BCUT2D eigenvalue weighted by Gasteiger charge is 2.17. The number of ether oxygens (including phenoxy) is 1. The van der Waals surface area contributed by atoms with Crippen molar-refractivity contribution in [2.75, 3.05) is 7.11 Å². The Kier molecular flexibility index (Phi) is 5.11. The van der Waals surface area contributed by atoms with Crippen molar-refractivity contribution >= 4 is 17.1 Å². The summed E-state index contributed by atoms with van der Waals surface area (Å²) in [6.07, 6.45) is 1.63. The van der Waals surface area contributed by atoms with Gasteiger partial charge in [0.25, 0.3) is 0 Å². The molecule has 0 saturated heterocycles. The average Bonchev–Trinajstić information content (AvgIpc) is 3.04. The van der Waals surface area contributed by atoms with E-state index in [1.54, 1.807) is 25.4 Å². The molecule has 2 aromatic carbocycles. The summed E-state index contributed by atoms with van der Waals surface area (Å²) in [6.45, 7) is 0.255. The molecular weight excluding hydrogens is 368 g/mol. The van der Waals surface area contributed by atoms with E-state index in [2.05, 4.69) is 10.3 Å². The van der Waals surface area contributed by atoms with Crippen LogP contribution in [0.4, 0.5) is 0 Å². The molecule has 7 nitrogen and oxygen atoms in total. The number of rotatable bonds is 6. The molecule has 0 unspecified atom stereocenters. The van der Waals surface area contributed by atoms with Crippen LogP contribution in [0.3, 0.4) is 0 Å². The number of amides is 1. The second kappa shape index (κ2) is 8.02. The lowest BCUT2D eigenvalue weighted by atomic mass is 10.2. The number of methoxy groups -OCH3 is 1. The molecule has 4 aromatic rings. The van der Waals surface area contributed by atoms with E-state index in [0.29, 0.717) is 23.4 Å². The second-order valence-corrected chi connectivity index (χ2v) is 6.51. The number of benzene rings is 2. The van der Waals surface area contributed by atoms with Crippen molar-refractivity contribution in [3.8, 4) is 11.4 Å². The molecule has 146 valence electrons. The van der Waals surface area contributed by atoms with Crippen molar-refractivity contribution in [1.29, 1.82) is 0 Å². The van der Waals surface area contributed by atoms with Crippen molar-refractivity contribution < 1.29 is 9.53 Å². The number of pyridine rings is 1. The normalized spacial score (nSPS) is 10.8. The fourth-order valence-electron chi connectivity index (χ4n) is 3.23. The molecule has 0 atom stereocenters. The molecular formula is C22H20N4O3. The summed E-state index contributed by atoms with van der Waals surface area (Å²) in [5, 5.41) is 2.86. The van der Waals surface area contributed by atoms with Crippen LogP contribution in [0.2, 0.25) is 0 Å². The Morgan fingerprint density at radius 2 is 1.90 bits per heavy atom. The van der Waals surface area contributed by atoms with Gasteiger partial charge in [-0.3, -0.25) is 9.36 Å². The minimum atomic E-state index is -0.304. The quantitative estimate of drug-likeness (QED) is 0.551. The maximum atomic E-state index is 13.1. The summed E-state index contributed by atoms with van der Waals surface area (Å²) in [4.78, 5) is 30.0. The van der Waals surface area contributed by atoms with Gasteiger partial charge in [-0.2, -0.15) is 0 Å². The van der Waals surface area contributed by atoms with Gasteiger partial charge in [-0.1, -0.05) is 30.3 Å². The molecule has 0 aliphatic carbocycles. The maximum absolute atomic E-state index is 13.1. The first-order valence-electron chi connectivity index (χ1n) is 9.18. The number of hydrogen-bond donors (Lipinski definition) is 1. The molecule has 0 radical (unpaired) electrons. The Morgan fingerprint density at radius 1 is 1.07 bits per heavy atom. The van der Waals surface area contributed by atoms with Crippen molar-refractivity contribution in [3.63, 3.8) is 0 Å². The average molecular weight is 388 g/mol. The van der Waals surface area contributed by atoms with Crippen LogP contribution >= 0.6 is 0 Å². The summed E-state index contributed by atoms with van der Waals surface area (Å²) in [5.41, 5.74) is 2.44. The first kappa shape index (κ1) is 18.5. The summed E-state index contributed by atoms with van der Waals surface area (Å²) in [6, 6.07) is 20.3. The Bertz CT molecular complexity index is 1210. The molecule has 0 aliphatic rings. The number of aromatic nitrogens is 3. The van der Waals surface area contributed by atoms with E-state index in [1.807, 2.05) is 54.6 Å². The van der Waals surface area contributed by atoms with Crippen molar-refractivity contribution in [3.05, 3.63) is 89.0 Å². The SMILES string of the molecule is COc1cccc(CNC(=O)Cn2c(=O)n(-c3ccccc3)c3ncccc32)c1. The fourth-order valence-corrected chi connectivity index (χ4v) is 3.23. The molecule has 4 rings (SSSR count). The van der Waals surface area contributed by atoms with Crippen molar-refractivity contribution in [1.82, 2.24) is 19.4 Å². The van der Waals surface area contributed by atoms with E-state index in [9.17, 15) is 9.59 Å². The lowest BCUT2D eigenvalue weighted by Gasteiger charge is -2.07. The van der Waals surface area contributed by atoms with E-state index < -0.39 is 0 Å². The summed E-state index contributed by atoms with van der Waals surface area (Å²) >= 11 is 0. The summed E-state index contributed by atoms with van der Waals surface area (Å²) in [7, 11) is 1.60. The van der Waals surface area contributed by atoms with E-state index in [-0.39, 0.29) is 18.1 Å². The molecule has 0 bridgehead atoms. The van der Waals surface area contributed by atoms with Crippen LogP contribution in [0.25, 0.3) is 16.9 Å². The predicted molar refractivity (Wildman–Crippen MR) is 110 cm³/mol. The van der Waals surface area contributed by atoms with Crippen molar-refractivity contribution in [2.45, 2.75) is 13.1 Å². The van der Waals surface area contributed by atoms with Gasteiger partial charge in [-0.25, -0.2) is 14.3 Å². The molecule has 2 heterocycles. The van der Waals surface area contributed by atoms with Crippen LogP contribution in [0.15, 0.2) is 77.7 Å². The van der Waals surface area contributed by atoms with Gasteiger partial charge in [0.2, 0.25) is 5.91 Å². The fraction of sp³-hybridized carbons (Fsp3) is 0.136. The highest BCUT2D eigenvalue weighted by atomic mass is 16.5. The summed E-state index contributed by atoms with van der Waals surface area (Å²) < 4.78 is 8.16. The molecule has 1 N–H and O–H groups in total. The molecule has 0 spiro atoms. The van der Waals surface area contributed by atoms with Gasteiger partial charge in [0, 0.05) is 12.7 Å². The standard InChI is InChI=1S/C22H20N4O3/c1-29-18-10-5-7-16(13-18)14-24-20(27)15-25-19-11-6-12-23-21(19)26(22(25)28)17-8-3-2-4-9-17/h2-13H,14-15H2,1H3,(H,24,27). The molecule has 0 aliphatic heterocycles. The number of para-hydroxylation sites is 1. The molecule has 1 amide bonds. The topological polar surface area (TPSA) is 78.1 Å². The number of carbonyl (C=O) groups excluding carboxylic acids is 1. The molecule has 7 heteroatoms. The zero-order valence-corrected chi connectivity index (χ0v) is 15.9. The van der Waals surface area contributed by atoms with Gasteiger partial charge in [0.05, 0.1) is 18.3 Å². The predicted octanol–water partition coefficient (Wildman–Crippen LogP) is 2.51. The second-order valence-electron chi connectivity index (χ2n) is 6.51. The van der Waals surface area contributed by atoms with Crippen LogP contribution in [0, 0.1) is 0 Å². The van der Waals surface area contributed by atoms with Gasteiger partial charge in [0.15, 0.2) is 5.65 Å². The first-order valence-corrected chi connectivity index (χ1v) is 9.18. The smallest absolute Gasteiger partial charge is 0.335 e. The van der Waals surface area contributed by atoms with Crippen LogP contribution in [0.5, 0.6) is 5.75 Å². The highest BCUT2D eigenvalue weighted by molar-refractivity contribution is 5.80. The molecule has 0 fully saturated rings. The Balaban J connectivity index is 1.60. The maximum Gasteiger partial charge on any atom is 0.335 e. The highest BCUT2D eigenvalue weighted by Crippen LogP contribution is 2.15. The molecule has 0 saturated carbocycles. The van der Waals surface area contributed by atoms with E-state index in [1.165, 1.54) is 9.13 Å². The number of fused-ring (bicyclic) bond motifs is 1. The molecule has 2 aromatic heterocycles. The first-order chi connectivity index (χ1) is 14.2. The number of carbonyl (C=O) groups is 1. The Labute approximate surface area is 167 Å². The van der Waals surface area contributed by atoms with Crippen LogP contribution in [0.1, 0.15) is 5.56 Å². The van der Waals surface area contributed by atoms with Crippen molar-refractivity contribution in [2.24, 2.45) is 0 Å². The van der Waals surface area contributed by atoms with Crippen LogP contribution < -0.4 is 15.7 Å². The molecule has 29 heavy (non-hydrogen) atoms. The third-order valence-electron chi connectivity index (χ3n) is 4.63. The van der Waals surface area contributed by atoms with E-state index in [4.69, 9.17) is 4.74 Å². The monoisotopic (exact) mass is 388 g/mol. The zero-order valence-electron chi connectivity index (χ0n) is 15.9. The van der Waals surface area contributed by atoms with E-state index >= 15 is 0 Å². The zero-order chi connectivity index (χ0) is 20.2. The van der Waals surface area contributed by atoms with Crippen LogP contribution in [-0.4, -0.2) is 27.1 Å². The summed E-state index contributed by atoms with van der Waals surface area (Å²) in [5.74, 6) is 0.468. The van der Waals surface area contributed by atoms with E-state index in [0.717, 1.165) is 11.3 Å². The van der Waals surface area contributed by atoms with Gasteiger partial charge >= 0.3 is 5.69 Å². The van der Waals surface area contributed by atoms with Gasteiger partial charge in [-0.05, 0) is 42.0 Å². The lowest BCUT2D eigenvalue weighted by molar-refractivity contribution is -0.121. The number of imidazole rings is 1. The number of nitrogens with one attached hydrogen (secondary N) is 1. The minimum absolute atomic E-state index is 0.0924. The Morgan fingerprint density at radius 3 is 2.69 bits per heavy atom. The number of nitrogens with zero attached hydrogens (tertiary/aromatic N) is 3. The minimum Gasteiger partial charge on any atom is -0.497 e. The van der Waals surface area contributed by atoms with Gasteiger partial charge < -0.3 is 10.1 Å². The lowest BCUT2D eigenvalue weighted by Crippen LogP contribution is -2.32. The van der Waals surface area contributed by atoms with Gasteiger partial charge in [0.1, 0.15) is 12.3 Å². The third-order valence-corrected chi connectivity index (χ3v) is 4.63. The Hall–Kier alpha value is -3.87.